The first-order valence-electron chi connectivity index (χ1n) is 9.19. The van der Waals surface area contributed by atoms with E-state index >= 15 is 0 Å². The van der Waals surface area contributed by atoms with E-state index in [-0.39, 0.29) is 21.5 Å². The van der Waals surface area contributed by atoms with Crippen molar-refractivity contribution in [3.05, 3.63) is 39.8 Å². The number of fused-ring (bicyclic) bond motifs is 3. The Morgan fingerprint density at radius 2 is 2.00 bits per heavy atom. The number of nitrogens with one attached hydrogen (secondary N) is 2. The molecule has 1 aliphatic rings. The van der Waals surface area contributed by atoms with Crippen molar-refractivity contribution in [1.29, 1.82) is 0 Å². The Labute approximate surface area is 172 Å². The topological polar surface area (TPSA) is 123 Å². The molecule has 10 heteroatoms. The summed E-state index contributed by atoms with van der Waals surface area (Å²) in [4.78, 5) is 27.3. The largest absolute Gasteiger partial charge is 0.481 e. The summed E-state index contributed by atoms with van der Waals surface area (Å²) in [6.07, 6.45) is 4.42. The monoisotopic (exact) mass is 439 g/mol. The number of carbonyl (C=O) groups is 1. The zero-order chi connectivity index (χ0) is 21.3. The van der Waals surface area contributed by atoms with E-state index in [1.54, 1.807) is 19.3 Å². The number of nitrogens with zero attached hydrogens (tertiary/aromatic N) is 1. The van der Waals surface area contributed by atoms with Crippen LogP contribution >= 0.6 is 11.6 Å². The van der Waals surface area contributed by atoms with E-state index in [1.807, 2.05) is 6.92 Å². The summed E-state index contributed by atoms with van der Waals surface area (Å²) < 4.78 is 26.9. The lowest BCUT2D eigenvalue weighted by molar-refractivity contribution is -0.137. The summed E-state index contributed by atoms with van der Waals surface area (Å²) in [5.74, 6) is -0.711. The first-order valence-corrected chi connectivity index (χ1v) is 11.0. The van der Waals surface area contributed by atoms with Crippen LogP contribution in [0.15, 0.2) is 34.1 Å². The number of pyridine rings is 1. The van der Waals surface area contributed by atoms with Crippen LogP contribution in [0, 0.1) is 0 Å². The molecular formula is C19H22ClN3O5S. The molecule has 2 aromatic heterocycles. The lowest BCUT2D eigenvalue weighted by atomic mass is 10.1. The number of hydrogen-bond donors (Lipinski definition) is 3. The standard InChI is InChI=1S/C15H14ClN3O3S.C4H8O2/c1-19(8-2-3-8)23(21,22)13-6-10-9-4-5-17-14(9)15(20)18-12(10)7-11(13)16;1-2-3-4(5)6/h4-8,17H,2-3H2,1H3,(H,18,20);2-3H2,1H3,(H,5,6). The molecule has 0 spiro atoms. The first kappa shape index (κ1) is 21.4. The Morgan fingerprint density at radius 3 is 2.55 bits per heavy atom. The van der Waals surface area contributed by atoms with Gasteiger partial charge in [0, 0.05) is 36.5 Å². The number of carboxylic acid groups (broad SMARTS) is 1. The van der Waals surface area contributed by atoms with Crippen molar-refractivity contribution in [1.82, 2.24) is 14.3 Å². The normalized spacial score (nSPS) is 14.2. The van der Waals surface area contributed by atoms with Crippen LogP contribution in [0.5, 0.6) is 0 Å². The second-order valence-corrected chi connectivity index (χ2v) is 9.32. The molecule has 8 nitrogen and oxygen atoms in total. The number of H-pyrrole nitrogens is 2. The minimum atomic E-state index is -3.66. The second kappa shape index (κ2) is 8.17. The molecule has 1 saturated carbocycles. The molecule has 0 atom stereocenters. The van der Waals surface area contributed by atoms with Gasteiger partial charge in [-0.15, -0.1) is 0 Å². The number of sulfonamides is 1. The number of benzene rings is 1. The number of aromatic nitrogens is 2. The third kappa shape index (κ3) is 4.31. The van der Waals surface area contributed by atoms with Gasteiger partial charge in [-0.1, -0.05) is 18.5 Å². The number of carboxylic acids is 1. The summed E-state index contributed by atoms with van der Waals surface area (Å²) in [5.41, 5.74) is 0.665. The quantitative estimate of drug-likeness (QED) is 0.562. The van der Waals surface area contributed by atoms with Crippen molar-refractivity contribution in [3.8, 4) is 0 Å². The van der Waals surface area contributed by atoms with Crippen molar-refractivity contribution >= 4 is 49.4 Å². The van der Waals surface area contributed by atoms with Gasteiger partial charge in [0.2, 0.25) is 10.0 Å². The highest BCUT2D eigenvalue weighted by Gasteiger charge is 2.36. The number of aromatic amines is 2. The molecule has 156 valence electrons. The number of halogens is 1. The van der Waals surface area contributed by atoms with Crippen LogP contribution in [0.4, 0.5) is 0 Å². The van der Waals surface area contributed by atoms with E-state index in [2.05, 4.69) is 9.97 Å². The van der Waals surface area contributed by atoms with Crippen molar-refractivity contribution in [2.45, 2.75) is 43.5 Å². The zero-order valence-corrected chi connectivity index (χ0v) is 17.6. The van der Waals surface area contributed by atoms with E-state index < -0.39 is 16.0 Å². The minimum absolute atomic E-state index is 0.0506. The van der Waals surface area contributed by atoms with Crippen LogP contribution in [0.1, 0.15) is 32.6 Å². The third-order valence-electron chi connectivity index (χ3n) is 4.77. The highest BCUT2D eigenvalue weighted by Crippen LogP contribution is 2.35. The van der Waals surface area contributed by atoms with Crippen LogP contribution in [-0.4, -0.2) is 46.9 Å². The molecule has 29 heavy (non-hydrogen) atoms. The third-order valence-corrected chi connectivity index (χ3v) is 7.14. The smallest absolute Gasteiger partial charge is 0.303 e. The minimum Gasteiger partial charge on any atom is -0.481 e. The summed E-state index contributed by atoms with van der Waals surface area (Å²) in [6, 6.07) is 4.84. The van der Waals surface area contributed by atoms with E-state index in [0.717, 1.165) is 19.3 Å². The predicted octanol–water partition coefficient (Wildman–Crippen LogP) is 3.32. The molecule has 0 aliphatic heterocycles. The van der Waals surface area contributed by atoms with Gasteiger partial charge in [0.15, 0.2) is 0 Å². The van der Waals surface area contributed by atoms with Gasteiger partial charge in [-0.3, -0.25) is 9.59 Å². The fourth-order valence-corrected chi connectivity index (χ4v) is 4.99. The first-order chi connectivity index (χ1) is 13.7. The molecule has 1 aliphatic carbocycles. The summed E-state index contributed by atoms with van der Waals surface area (Å²) in [6.45, 7) is 1.84. The highest BCUT2D eigenvalue weighted by molar-refractivity contribution is 7.89. The molecule has 1 fully saturated rings. The summed E-state index contributed by atoms with van der Waals surface area (Å²) in [5, 5.41) is 9.34. The van der Waals surface area contributed by atoms with Crippen LogP contribution in [0.3, 0.4) is 0 Å². The molecule has 4 rings (SSSR count). The van der Waals surface area contributed by atoms with Gasteiger partial charge < -0.3 is 15.1 Å². The highest BCUT2D eigenvalue weighted by atomic mass is 35.5. The van der Waals surface area contributed by atoms with Gasteiger partial charge in [-0.2, -0.15) is 4.31 Å². The maximum Gasteiger partial charge on any atom is 0.303 e. The molecule has 2 heterocycles. The molecule has 0 radical (unpaired) electrons. The number of hydrogen-bond acceptors (Lipinski definition) is 4. The Hall–Kier alpha value is -2.36. The average Bonchev–Trinajstić information content (AvgIpc) is 3.37. The molecule has 3 aromatic rings. The van der Waals surface area contributed by atoms with Gasteiger partial charge in [0.25, 0.3) is 5.56 Å². The molecule has 3 N–H and O–H groups in total. The number of rotatable bonds is 5. The van der Waals surface area contributed by atoms with Crippen molar-refractivity contribution in [2.75, 3.05) is 7.05 Å². The number of aliphatic carboxylic acids is 1. The molecule has 0 bridgehead atoms. The lowest BCUT2D eigenvalue weighted by Gasteiger charge is -2.17. The zero-order valence-electron chi connectivity index (χ0n) is 16.0. The Balaban J connectivity index is 0.000000353. The molecule has 0 unspecified atom stereocenters. The molecular weight excluding hydrogens is 418 g/mol. The van der Waals surface area contributed by atoms with Gasteiger partial charge >= 0.3 is 5.97 Å². The van der Waals surface area contributed by atoms with E-state index in [0.29, 0.717) is 28.2 Å². The van der Waals surface area contributed by atoms with E-state index in [4.69, 9.17) is 16.7 Å². The lowest BCUT2D eigenvalue weighted by Crippen LogP contribution is -2.29. The Bertz CT molecular complexity index is 1230. The van der Waals surface area contributed by atoms with Crippen LogP contribution < -0.4 is 5.56 Å². The van der Waals surface area contributed by atoms with Gasteiger partial charge in [0.05, 0.1) is 10.5 Å². The fraction of sp³-hybridized carbons (Fsp3) is 0.368. The van der Waals surface area contributed by atoms with Crippen molar-refractivity contribution < 1.29 is 18.3 Å². The Morgan fingerprint density at radius 1 is 1.31 bits per heavy atom. The second-order valence-electron chi connectivity index (χ2n) is 6.94. The SMILES string of the molecule is CCCC(=O)O.CN(C1CC1)S(=O)(=O)c1cc2c(cc1Cl)[nH]c(=O)c1[nH]ccc12. The average molecular weight is 440 g/mol. The maximum absolute atomic E-state index is 12.8. The molecule has 1 aromatic carbocycles. The summed E-state index contributed by atoms with van der Waals surface area (Å²) in [7, 11) is -2.08. The molecule has 0 amide bonds. The molecule has 0 saturated heterocycles. The van der Waals surface area contributed by atoms with Gasteiger partial charge in [0.1, 0.15) is 10.4 Å². The van der Waals surface area contributed by atoms with Crippen molar-refractivity contribution in [2.24, 2.45) is 0 Å². The van der Waals surface area contributed by atoms with Gasteiger partial charge in [-0.25, -0.2) is 8.42 Å². The Kier molecular flexibility index (Phi) is 6.02. The summed E-state index contributed by atoms with van der Waals surface area (Å²) >= 11 is 6.20. The fourth-order valence-electron chi connectivity index (χ4n) is 3.05. The van der Waals surface area contributed by atoms with Gasteiger partial charge in [-0.05, 0) is 37.5 Å². The van der Waals surface area contributed by atoms with Crippen LogP contribution in [-0.2, 0) is 14.8 Å². The predicted molar refractivity (Wildman–Crippen MR) is 112 cm³/mol. The van der Waals surface area contributed by atoms with Crippen molar-refractivity contribution in [3.63, 3.8) is 0 Å². The van der Waals surface area contributed by atoms with E-state index in [1.165, 1.54) is 16.4 Å². The van der Waals surface area contributed by atoms with Crippen LogP contribution in [0.25, 0.3) is 21.8 Å². The van der Waals surface area contributed by atoms with Crippen LogP contribution in [0.2, 0.25) is 5.02 Å². The van der Waals surface area contributed by atoms with E-state index in [9.17, 15) is 18.0 Å². The maximum atomic E-state index is 12.8.